The number of phenols is 1. The lowest BCUT2D eigenvalue weighted by molar-refractivity contribution is -0.139. The molecule has 0 saturated carbocycles. The maximum Gasteiger partial charge on any atom is 0.408 e. The minimum atomic E-state index is -1.17. The summed E-state index contributed by atoms with van der Waals surface area (Å²) >= 11 is 3.39. The highest BCUT2D eigenvalue weighted by Gasteiger charge is 2.25. The van der Waals surface area contributed by atoms with E-state index in [1.807, 2.05) is 0 Å². The van der Waals surface area contributed by atoms with Gasteiger partial charge in [-0.25, -0.2) is 9.59 Å². The van der Waals surface area contributed by atoms with Crippen molar-refractivity contribution >= 4 is 38.9 Å². The van der Waals surface area contributed by atoms with Crippen LogP contribution in [0.1, 0.15) is 26.3 Å². The number of benzene rings is 1. The number of nitrogens with one attached hydrogen (secondary N) is 2. The van der Waals surface area contributed by atoms with Gasteiger partial charge in [-0.2, -0.15) is 0 Å². The van der Waals surface area contributed by atoms with Gasteiger partial charge in [0, 0.05) is 22.5 Å². The third kappa shape index (κ3) is 4.19. The van der Waals surface area contributed by atoms with Crippen LogP contribution in [0.2, 0.25) is 0 Å². The normalized spacial score (nSPS) is 12.8. The van der Waals surface area contributed by atoms with E-state index in [4.69, 9.17) is 4.74 Å². The summed E-state index contributed by atoms with van der Waals surface area (Å²) in [5.41, 5.74) is 0.431. The van der Waals surface area contributed by atoms with Gasteiger partial charge in [-0.1, -0.05) is 15.9 Å². The van der Waals surface area contributed by atoms with E-state index in [-0.39, 0.29) is 12.2 Å². The maximum absolute atomic E-state index is 11.8. The van der Waals surface area contributed by atoms with Gasteiger partial charge >= 0.3 is 12.1 Å². The number of aromatic hydroxyl groups is 1. The first-order valence-corrected chi connectivity index (χ1v) is 8.07. The number of carbonyl (C=O) groups is 2. The zero-order valence-electron chi connectivity index (χ0n) is 13.5. The van der Waals surface area contributed by atoms with Crippen LogP contribution >= 0.6 is 15.9 Å². The van der Waals surface area contributed by atoms with Crippen molar-refractivity contribution in [2.24, 2.45) is 0 Å². The van der Waals surface area contributed by atoms with Crippen LogP contribution in [0.15, 0.2) is 22.8 Å². The molecule has 24 heavy (non-hydrogen) atoms. The summed E-state index contributed by atoms with van der Waals surface area (Å²) in [6, 6.07) is 2.04. The highest BCUT2D eigenvalue weighted by atomic mass is 79.9. The molecule has 7 nitrogen and oxygen atoms in total. The molecule has 1 amide bonds. The first kappa shape index (κ1) is 18.1. The number of aromatic nitrogens is 1. The Balaban J connectivity index is 2.25. The van der Waals surface area contributed by atoms with Gasteiger partial charge in [-0.3, -0.25) is 0 Å². The smallest absolute Gasteiger partial charge is 0.408 e. The van der Waals surface area contributed by atoms with Crippen molar-refractivity contribution in [1.82, 2.24) is 10.3 Å². The van der Waals surface area contributed by atoms with E-state index in [2.05, 4.69) is 26.2 Å². The Kier molecular flexibility index (Phi) is 5.08. The fourth-order valence-corrected chi connectivity index (χ4v) is 2.87. The molecule has 2 rings (SSSR count). The molecule has 4 N–H and O–H groups in total. The SMILES string of the molecule is CC(C)(C)OC(=O)NC(Cc1c[nH]c2c(O)ccc(Br)c12)C(=O)O. The van der Waals surface area contributed by atoms with E-state index >= 15 is 0 Å². The molecular weight excluding hydrogens is 380 g/mol. The average Bonchev–Trinajstić information content (AvgIpc) is 2.85. The molecule has 1 aromatic heterocycles. The predicted molar refractivity (Wildman–Crippen MR) is 92.2 cm³/mol. The summed E-state index contributed by atoms with van der Waals surface area (Å²) in [6.07, 6.45) is 0.857. The van der Waals surface area contributed by atoms with Gasteiger partial charge in [0.05, 0.1) is 5.52 Å². The van der Waals surface area contributed by atoms with Crippen molar-refractivity contribution in [1.29, 1.82) is 0 Å². The molecule has 1 heterocycles. The molecule has 1 aromatic carbocycles. The quantitative estimate of drug-likeness (QED) is 0.631. The summed E-state index contributed by atoms with van der Waals surface area (Å²) in [5, 5.41) is 22.3. The molecule has 1 atom stereocenters. The maximum atomic E-state index is 11.8. The lowest BCUT2D eigenvalue weighted by atomic mass is 10.0. The van der Waals surface area contributed by atoms with Crippen molar-refractivity contribution in [2.75, 3.05) is 0 Å². The first-order valence-electron chi connectivity index (χ1n) is 7.28. The van der Waals surface area contributed by atoms with E-state index in [0.29, 0.717) is 20.9 Å². The number of halogens is 1. The van der Waals surface area contributed by atoms with Crippen LogP contribution in [0, 0.1) is 0 Å². The number of alkyl carbamates (subject to hydrolysis) is 1. The molecular formula is C16H19BrN2O5. The molecule has 8 heteroatoms. The number of aromatic amines is 1. The third-order valence-electron chi connectivity index (χ3n) is 3.26. The number of carboxylic acids is 1. The summed E-state index contributed by atoms with van der Waals surface area (Å²) in [6.45, 7) is 5.09. The number of rotatable bonds is 4. The second kappa shape index (κ2) is 6.72. The summed E-state index contributed by atoms with van der Waals surface area (Å²) < 4.78 is 5.81. The van der Waals surface area contributed by atoms with Gasteiger partial charge in [-0.15, -0.1) is 0 Å². The van der Waals surface area contributed by atoms with E-state index < -0.39 is 23.7 Å². The number of fused-ring (bicyclic) bond motifs is 1. The van der Waals surface area contributed by atoms with Crippen LogP contribution in [-0.4, -0.2) is 38.9 Å². The largest absolute Gasteiger partial charge is 0.506 e. The second-order valence-corrected chi connectivity index (χ2v) is 7.23. The Morgan fingerprint density at radius 1 is 1.38 bits per heavy atom. The molecule has 1 unspecified atom stereocenters. The standard InChI is InChI=1S/C16H19BrN2O5/c1-16(2,3)24-15(23)19-10(14(21)22)6-8-7-18-13-11(20)5-4-9(17)12(8)13/h4-5,7,10,18,20H,6H2,1-3H3,(H,19,23)(H,21,22). The molecule has 0 aliphatic rings. The molecule has 0 fully saturated rings. The van der Waals surface area contributed by atoms with E-state index in [0.717, 1.165) is 0 Å². The fourth-order valence-electron chi connectivity index (χ4n) is 2.29. The predicted octanol–water partition coefficient (Wildman–Crippen LogP) is 3.16. The number of aliphatic carboxylic acids is 1. The number of phenolic OH excluding ortho intramolecular Hbond substituents is 1. The topological polar surface area (TPSA) is 112 Å². The van der Waals surface area contributed by atoms with Crippen LogP contribution in [0.3, 0.4) is 0 Å². The van der Waals surface area contributed by atoms with Crippen molar-refractivity contribution in [2.45, 2.75) is 38.8 Å². The lowest BCUT2D eigenvalue weighted by Crippen LogP contribution is -2.44. The Morgan fingerprint density at radius 2 is 2.04 bits per heavy atom. The van der Waals surface area contributed by atoms with E-state index in [9.17, 15) is 19.8 Å². The summed E-state index contributed by atoms with van der Waals surface area (Å²) in [4.78, 5) is 26.2. The van der Waals surface area contributed by atoms with Gasteiger partial charge in [0.1, 0.15) is 17.4 Å². The molecule has 0 aliphatic heterocycles. The van der Waals surface area contributed by atoms with Crippen LogP contribution in [0.5, 0.6) is 5.75 Å². The Labute approximate surface area is 147 Å². The summed E-state index contributed by atoms with van der Waals surface area (Å²) in [7, 11) is 0. The van der Waals surface area contributed by atoms with E-state index in [1.165, 1.54) is 6.07 Å². The number of hydrogen-bond donors (Lipinski definition) is 4. The number of H-pyrrole nitrogens is 1. The minimum Gasteiger partial charge on any atom is -0.506 e. The van der Waals surface area contributed by atoms with Gasteiger partial charge in [0.2, 0.25) is 0 Å². The van der Waals surface area contributed by atoms with Crippen LogP contribution < -0.4 is 5.32 Å². The van der Waals surface area contributed by atoms with Gasteiger partial charge < -0.3 is 25.3 Å². The zero-order valence-corrected chi connectivity index (χ0v) is 15.1. The fraction of sp³-hybridized carbons (Fsp3) is 0.375. The highest BCUT2D eigenvalue weighted by Crippen LogP contribution is 2.33. The second-order valence-electron chi connectivity index (χ2n) is 6.37. The van der Waals surface area contributed by atoms with Crippen molar-refractivity contribution < 1.29 is 24.5 Å². The number of hydrogen-bond acceptors (Lipinski definition) is 4. The number of ether oxygens (including phenoxy) is 1. The third-order valence-corrected chi connectivity index (χ3v) is 3.92. The highest BCUT2D eigenvalue weighted by molar-refractivity contribution is 9.10. The number of carboxylic acid groups (broad SMARTS) is 1. The molecule has 2 aromatic rings. The minimum absolute atomic E-state index is 0.0383. The van der Waals surface area contributed by atoms with Gasteiger partial charge in [-0.05, 0) is 38.5 Å². The van der Waals surface area contributed by atoms with Crippen molar-refractivity contribution in [3.05, 3.63) is 28.4 Å². The van der Waals surface area contributed by atoms with Crippen molar-refractivity contribution in [3.8, 4) is 5.75 Å². The Hall–Kier alpha value is -2.22. The molecule has 0 saturated heterocycles. The molecule has 0 bridgehead atoms. The molecule has 0 spiro atoms. The van der Waals surface area contributed by atoms with Gasteiger partial charge in [0.25, 0.3) is 0 Å². The molecule has 0 radical (unpaired) electrons. The average molecular weight is 399 g/mol. The van der Waals surface area contributed by atoms with Crippen LogP contribution in [0.25, 0.3) is 10.9 Å². The van der Waals surface area contributed by atoms with Crippen molar-refractivity contribution in [3.63, 3.8) is 0 Å². The monoisotopic (exact) mass is 398 g/mol. The Morgan fingerprint density at radius 3 is 2.62 bits per heavy atom. The zero-order chi connectivity index (χ0) is 18.1. The lowest BCUT2D eigenvalue weighted by Gasteiger charge is -2.22. The van der Waals surface area contributed by atoms with Crippen LogP contribution in [-0.2, 0) is 16.0 Å². The van der Waals surface area contributed by atoms with E-state index in [1.54, 1.807) is 33.0 Å². The Bertz CT molecular complexity index is 779. The molecule has 0 aliphatic carbocycles. The summed E-state index contributed by atoms with van der Waals surface area (Å²) in [5.74, 6) is -1.11. The van der Waals surface area contributed by atoms with Gasteiger partial charge in [0.15, 0.2) is 0 Å². The number of amides is 1. The number of carbonyl (C=O) groups excluding carboxylic acids is 1. The van der Waals surface area contributed by atoms with Crippen LogP contribution in [0.4, 0.5) is 4.79 Å². The first-order chi connectivity index (χ1) is 11.1. The molecule has 130 valence electrons.